The number of hydrogen-bond acceptors (Lipinski definition) is 2. The van der Waals surface area contributed by atoms with E-state index in [0.29, 0.717) is 16.3 Å². The third-order valence-electron chi connectivity index (χ3n) is 3.45. The number of nitrogens with two attached hydrogens (primary N) is 1. The van der Waals surface area contributed by atoms with Crippen molar-refractivity contribution >= 4 is 23.2 Å². The fourth-order valence-corrected chi connectivity index (χ4v) is 2.35. The highest BCUT2D eigenvalue weighted by Crippen LogP contribution is 2.16. The van der Waals surface area contributed by atoms with Crippen molar-refractivity contribution in [2.45, 2.75) is 26.3 Å². The molecule has 0 aliphatic rings. The normalized spacial score (nSPS) is 12.0. The molecule has 4 heteroatoms. The van der Waals surface area contributed by atoms with Gasteiger partial charge in [0.15, 0.2) is 0 Å². The van der Waals surface area contributed by atoms with E-state index >= 15 is 0 Å². The van der Waals surface area contributed by atoms with Gasteiger partial charge in [-0.15, -0.1) is 0 Å². The molecule has 0 saturated carbocycles. The molecule has 1 unspecified atom stereocenters. The maximum absolute atomic E-state index is 12.3. The first-order valence-electron chi connectivity index (χ1n) is 6.87. The smallest absolute Gasteiger partial charge is 0.251 e. The van der Waals surface area contributed by atoms with Gasteiger partial charge in [0.25, 0.3) is 5.91 Å². The molecule has 0 aliphatic heterocycles. The minimum Gasteiger partial charge on any atom is -0.398 e. The Morgan fingerprint density at radius 1 is 1.24 bits per heavy atom. The Hall–Kier alpha value is -2.00. The number of nitrogens with one attached hydrogen (secondary N) is 1. The average molecular weight is 303 g/mol. The molecule has 0 fully saturated rings. The van der Waals surface area contributed by atoms with Gasteiger partial charge in [-0.05, 0) is 55.7 Å². The molecule has 3 N–H and O–H groups in total. The van der Waals surface area contributed by atoms with Gasteiger partial charge in [0.2, 0.25) is 0 Å². The lowest BCUT2D eigenvalue weighted by atomic mass is 10.0. The van der Waals surface area contributed by atoms with Crippen molar-refractivity contribution in [2.24, 2.45) is 0 Å². The predicted molar refractivity (Wildman–Crippen MR) is 87.7 cm³/mol. The first kappa shape index (κ1) is 15.4. The van der Waals surface area contributed by atoms with E-state index in [0.717, 1.165) is 17.5 Å². The molecule has 2 aromatic rings. The maximum atomic E-state index is 12.3. The van der Waals surface area contributed by atoms with Gasteiger partial charge in [0.05, 0.1) is 0 Å². The Kier molecular flexibility index (Phi) is 4.86. The summed E-state index contributed by atoms with van der Waals surface area (Å²) in [6.45, 7) is 3.84. The number of halogens is 1. The van der Waals surface area contributed by atoms with Crippen molar-refractivity contribution in [3.8, 4) is 0 Å². The predicted octanol–water partition coefficient (Wildman–Crippen LogP) is 3.59. The Balaban J connectivity index is 2.02. The largest absolute Gasteiger partial charge is 0.398 e. The van der Waals surface area contributed by atoms with E-state index in [9.17, 15) is 4.79 Å². The zero-order valence-corrected chi connectivity index (χ0v) is 12.9. The molecule has 0 heterocycles. The molecule has 0 aliphatic carbocycles. The van der Waals surface area contributed by atoms with Gasteiger partial charge in [0.1, 0.15) is 0 Å². The lowest BCUT2D eigenvalue weighted by Crippen LogP contribution is -2.34. The zero-order valence-electron chi connectivity index (χ0n) is 12.2. The summed E-state index contributed by atoms with van der Waals surface area (Å²) in [4.78, 5) is 12.3. The number of carbonyl (C=O) groups is 1. The molecule has 1 amide bonds. The van der Waals surface area contributed by atoms with Gasteiger partial charge in [-0.3, -0.25) is 4.79 Å². The Labute approximate surface area is 130 Å². The molecule has 0 spiro atoms. The topological polar surface area (TPSA) is 55.1 Å². The molecule has 2 aromatic carbocycles. The van der Waals surface area contributed by atoms with Crippen LogP contribution in [0.4, 0.5) is 5.69 Å². The van der Waals surface area contributed by atoms with E-state index in [-0.39, 0.29) is 11.9 Å². The number of anilines is 1. The second-order valence-corrected chi connectivity index (χ2v) is 5.66. The highest BCUT2D eigenvalue weighted by molar-refractivity contribution is 6.30. The van der Waals surface area contributed by atoms with Crippen LogP contribution in [-0.2, 0) is 6.42 Å². The van der Waals surface area contributed by atoms with Crippen LogP contribution in [0.25, 0.3) is 0 Å². The monoisotopic (exact) mass is 302 g/mol. The van der Waals surface area contributed by atoms with Crippen molar-refractivity contribution in [3.05, 3.63) is 64.2 Å². The summed E-state index contributed by atoms with van der Waals surface area (Å²) in [7, 11) is 0. The maximum Gasteiger partial charge on any atom is 0.251 e. The summed E-state index contributed by atoms with van der Waals surface area (Å²) in [6, 6.07) is 13.0. The highest BCUT2D eigenvalue weighted by atomic mass is 35.5. The fourth-order valence-electron chi connectivity index (χ4n) is 2.23. The third-order valence-corrected chi connectivity index (χ3v) is 3.70. The molecule has 0 aromatic heterocycles. The molecular formula is C17H19ClN2O. The summed E-state index contributed by atoms with van der Waals surface area (Å²) in [5, 5.41) is 3.71. The molecule has 110 valence electrons. The molecule has 0 bridgehead atoms. The van der Waals surface area contributed by atoms with Crippen LogP contribution in [-0.4, -0.2) is 11.9 Å². The molecule has 2 rings (SSSR count). The summed E-state index contributed by atoms with van der Waals surface area (Å²) in [5.41, 5.74) is 9.04. The number of hydrogen-bond donors (Lipinski definition) is 2. The number of amides is 1. The standard InChI is InChI=1S/C17H19ClN2O/c1-11(10-13-6-8-14(18)9-7-13)20-17(21)15-4-3-5-16(19)12(15)2/h3-9,11H,10,19H2,1-2H3,(H,20,21). The fraction of sp³-hybridized carbons (Fsp3) is 0.235. The minimum absolute atomic E-state index is 0.0273. The minimum atomic E-state index is -0.0961. The molecule has 0 radical (unpaired) electrons. The summed E-state index contributed by atoms with van der Waals surface area (Å²) >= 11 is 5.86. The molecule has 21 heavy (non-hydrogen) atoms. The number of rotatable bonds is 4. The van der Waals surface area contributed by atoms with E-state index in [1.807, 2.05) is 38.1 Å². The Morgan fingerprint density at radius 3 is 2.57 bits per heavy atom. The number of carbonyl (C=O) groups excluding carboxylic acids is 1. The van der Waals surface area contributed by atoms with Crippen molar-refractivity contribution in [2.75, 3.05) is 5.73 Å². The summed E-state index contributed by atoms with van der Waals surface area (Å²) in [6.07, 6.45) is 0.754. The van der Waals surface area contributed by atoms with E-state index in [1.54, 1.807) is 18.2 Å². The van der Waals surface area contributed by atoms with E-state index in [2.05, 4.69) is 5.32 Å². The van der Waals surface area contributed by atoms with Crippen LogP contribution >= 0.6 is 11.6 Å². The third kappa shape index (κ3) is 3.99. The van der Waals surface area contributed by atoms with Crippen molar-refractivity contribution in [1.29, 1.82) is 0 Å². The lowest BCUT2D eigenvalue weighted by molar-refractivity contribution is 0.0939. The van der Waals surface area contributed by atoms with Gasteiger partial charge >= 0.3 is 0 Å². The van der Waals surface area contributed by atoms with Crippen LogP contribution in [0.5, 0.6) is 0 Å². The van der Waals surface area contributed by atoms with Gasteiger partial charge < -0.3 is 11.1 Å². The van der Waals surface area contributed by atoms with E-state index in [1.165, 1.54) is 0 Å². The Morgan fingerprint density at radius 2 is 1.90 bits per heavy atom. The van der Waals surface area contributed by atoms with Crippen LogP contribution in [0.2, 0.25) is 5.02 Å². The quantitative estimate of drug-likeness (QED) is 0.848. The molecule has 1 atom stereocenters. The van der Waals surface area contributed by atoms with Crippen molar-refractivity contribution in [3.63, 3.8) is 0 Å². The molecular weight excluding hydrogens is 284 g/mol. The summed E-state index contributed by atoms with van der Waals surface area (Å²) in [5.74, 6) is -0.0961. The van der Waals surface area contributed by atoms with Crippen LogP contribution in [0.1, 0.15) is 28.4 Å². The first-order valence-corrected chi connectivity index (χ1v) is 7.25. The van der Waals surface area contributed by atoms with E-state index < -0.39 is 0 Å². The van der Waals surface area contributed by atoms with Crippen LogP contribution < -0.4 is 11.1 Å². The highest BCUT2D eigenvalue weighted by Gasteiger charge is 2.13. The lowest BCUT2D eigenvalue weighted by Gasteiger charge is -2.15. The average Bonchev–Trinajstić information content (AvgIpc) is 2.44. The van der Waals surface area contributed by atoms with E-state index in [4.69, 9.17) is 17.3 Å². The van der Waals surface area contributed by atoms with Crippen LogP contribution in [0.3, 0.4) is 0 Å². The van der Waals surface area contributed by atoms with Gasteiger partial charge in [-0.2, -0.15) is 0 Å². The van der Waals surface area contributed by atoms with Crippen LogP contribution in [0, 0.1) is 6.92 Å². The number of benzene rings is 2. The molecule has 0 saturated heterocycles. The van der Waals surface area contributed by atoms with Crippen molar-refractivity contribution in [1.82, 2.24) is 5.32 Å². The van der Waals surface area contributed by atoms with Gasteiger partial charge in [-0.1, -0.05) is 29.8 Å². The summed E-state index contributed by atoms with van der Waals surface area (Å²) < 4.78 is 0. The number of nitrogen functional groups attached to an aromatic ring is 1. The van der Waals surface area contributed by atoms with Gasteiger partial charge in [0, 0.05) is 22.3 Å². The first-order chi connectivity index (χ1) is 9.97. The Bertz CT molecular complexity index is 638. The van der Waals surface area contributed by atoms with Crippen molar-refractivity contribution < 1.29 is 4.79 Å². The second-order valence-electron chi connectivity index (χ2n) is 5.22. The molecule has 3 nitrogen and oxygen atoms in total. The van der Waals surface area contributed by atoms with Crippen LogP contribution in [0.15, 0.2) is 42.5 Å². The second kappa shape index (κ2) is 6.64. The SMILES string of the molecule is Cc1c(N)cccc1C(=O)NC(C)Cc1ccc(Cl)cc1. The zero-order chi connectivity index (χ0) is 15.4. The van der Waals surface area contributed by atoms with Gasteiger partial charge in [-0.25, -0.2) is 0 Å².